The summed E-state index contributed by atoms with van der Waals surface area (Å²) in [6, 6.07) is 11.9. The van der Waals surface area contributed by atoms with E-state index in [2.05, 4.69) is 44.5 Å². The van der Waals surface area contributed by atoms with Crippen LogP contribution >= 0.6 is 39.1 Å². The van der Waals surface area contributed by atoms with Crippen molar-refractivity contribution in [2.75, 3.05) is 0 Å². The summed E-state index contributed by atoms with van der Waals surface area (Å²) in [4.78, 5) is 4.57. The van der Waals surface area contributed by atoms with Crippen LogP contribution < -0.4 is 0 Å². The number of aryl methyl sites for hydroxylation is 1. The first-order valence-electron chi connectivity index (χ1n) is 6.09. The van der Waals surface area contributed by atoms with E-state index < -0.39 is 0 Å². The molecule has 0 amide bonds. The SMILES string of the molecule is Cc1ccc(Br)cc1-n1c(CCl)nc2cc(Cl)ccc21. The first kappa shape index (κ1) is 13.9. The number of hydrogen-bond acceptors (Lipinski definition) is 1. The Hall–Kier alpha value is -1.03. The number of aromatic nitrogens is 2. The Balaban J connectivity index is 2.37. The summed E-state index contributed by atoms with van der Waals surface area (Å²) in [5, 5.41) is 0.675. The fraction of sp³-hybridized carbons (Fsp3) is 0.133. The molecule has 0 saturated carbocycles. The molecule has 20 heavy (non-hydrogen) atoms. The van der Waals surface area contributed by atoms with Crippen molar-refractivity contribution < 1.29 is 0 Å². The number of alkyl halides is 1. The van der Waals surface area contributed by atoms with Crippen LogP contribution in [-0.4, -0.2) is 9.55 Å². The Morgan fingerprint density at radius 3 is 2.75 bits per heavy atom. The average molecular weight is 370 g/mol. The third-order valence-electron chi connectivity index (χ3n) is 3.22. The zero-order valence-electron chi connectivity index (χ0n) is 10.7. The summed E-state index contributed by atoms with van der Waals surface area (Å²) in [6.45, 7) is 2.07. The van der Waals surface area contributed by atoms with E-state index in [4.69, 9.17) is 23.2 Å². The topological polar surface area (TPSA) is 17.8 Å². The zero-order valence-corrected chi connectivity index (χ0v) is 13.8. The Morgan fingerprint density at radius 2 is 2.00 bits per heavy atom. The van der Waals surface area contributed by atoms with E-state index in [1.54, 1.807) is 0 Å². The lowest BCUT2D eigenvalue weighted by Crippen LogP contribution is -2.01. The van der Waals surface area contributed by atoms with Crippen molar-refractivity contribution in [1.29, 1.82) is 0 Å². The quantitative estimate of drug-likeness (QED) is 0.546. The maximum absolute atomic E-state index is 6.06. The molecule has 1 aromatic heterocycles. The van der Waals surface area contributed by atoms with Gasteiger partial charge in [0.05, 0.1) is 22.6 Å². The highest BCUT2D eigenvalue weighted by Crippen LogP contribution is 2.28. The van der Waals surface area contributed by atoms with Crippen molar-refractivity contribution in [3.8, 4) is 5.69 Å². The monoisotopic (exact) mass is 368 g/mol. The molecule has 3 rings (SSSR count). The molecular formula is C15H11BrCl2N2. The summed E-state index contributed by atoms with van der Waals surface area (Å²) in [6.07, 6.45) is 0. The molecule has 0 aliphatic heterocycles. The molecule has 2 nitrogen and oxygen atoms in total. The lowest BCUT2D eigenvalue weighted by Gasteiger charge is -2.11. The van der Waals surface area contributed by atoms with Crippen LogP contribution in [0.25, 0.3) is 16.7 Å². The fourth-order valence-electron chi connectivity index (χ4n) is 2.29. The summed E-state index contributed by atoms with van der Waals surface area (Å²) < 4.78 is 3.10. The zero-order chi connectivity index (χ0) is 14.3. The third-order valence-corrected chi connectivity index (χ3v) is 4.18. The lowest BCUT2D eigenvalue weighted by atomic mass is 10.2. The Bertz CT molecular complexity index is 796. The molecule has 0 atom stereocenters. The number of nitrogens with zero attached hydrogens (tertiary/aromatic N) is 2. The molecular weight excluding hydrogens is 359 g/mol. The van der Waals surface area contributed by atoms with Gasteiger partial charge in [0.1, 0.15) is 5.82 Å². The van der Waals surface area contributed by atoms with E-state index in [9.17, 15) is 0 Å². The molecule has 0 saturated heterocycles. The smallest absolute Gasteiger partial charge is 0.129 e. The summed E-state index contributed by atoms with van der Waals surface area (Å²) >= 11 is 15.6. The van der Waals surface area contributed by atoms with Gasteiger partial charge in [-0.05, 0) is 42.8 Å². The minimum Gasteiger partial charge on any atom is -0.295 e. The van der Waals surface area contributed by atoms with E-state index in [0.29, 0.717) is 10.9 Å². The van der Waals surface area contributed by atoms with E-state index >= 15 is 0 Å². The Kier molecular flexibility index (Phi) is 3.76. The summed E-state index contributed by atoms with van der Waals surface area (Å²) in [7, 11) is 0. The Morgan fingerprint density at radius 1 is 1.20 bits per heavy atom. The second-order valence-electron chi connectivity index (χ2n) is 4.56. The van der Waals surface area contributed by atoms with Crippen LogP contribution in [-0.2, 0) is 5.88 Å². The van der Waals surface area contributed by atoms with Crippen LogP contribution in [0.15, 0.2) is 40.9 Å². The van der Waals surface area contributed by atoms with Gasteiger partial charge in [0, 0.05) is 9.50 Å². The van der Waals surface area contributed by atoms with Gasteiger partial charge >= 0.3 is 0 Å². The van der Waals surface area contributed by atoms with Crippen molar-refractivity contribution in [3.05, 3.63) is 57.3 Å². The lowest BCUT2D eigenvalue weighted by molar-refractivity contribution is 0.971. The molecule has 102 valence electrons. The normalized spacial score (nSPS) is 11.2. The number of fused-ring (bicyclic) bond motifs is 1. The molecule has 0 fully saturated rings. The molecule has 3 aromatic rings. The molecule has 0 N–H and O–H groups in total. The number of imidazole rings is 1. The van der Waals surface area contributed by atoms with Crippen molar-refractivity contribution >= 4 is 50.2 Å². The minimum atomic E-state index is 0.345. The van der Waals surface area contributed by atoms with E-state index in [1.165, 1.54) is 0 Å². The fourth-order valence-corrected chi connectivity index (χ4v) is 2.98. The van der Waals surface area contributed by atoms with Crippen LogP contribution in [0.3, 0.4) is 0 Å². The van der Waals surface area contributed by atoms with Crippen LogP contribution in [0.5, 0.6) is 0 Å². The van der Waals surface area contributed by atoms with E-state index in [-0.39, 0.29) is 0 Å². The van der Waals surface area contributed by atoms with E-state index in [1.807, 2.05) is 24.3 Å². The largest absolute Gasteiger partial charge is 0.295 e. The van der Waals surface area contributed by atoms with Crippen molar-refractivity contribution in [2.45, 2.75) is 12.8 Å². The predicted octanol–water partition coefficient (Wildman–Crippen LogP) is 5.49. The van der Waals surface area contributed by atoms with Crippen LogP contribution in [0, 0.1) is 6.92 Å². The standard InChI is InChI=1S/C15H11BrCl2N2/c1-9-2-3-10(16)6-14(9)20-13-5-4-11(18)7-12(13)19-15(20)8-17/h2-7H,8H2,1H3. The van der Waals surface area contributed by atoms with Gasteiger partial charge in [0.2, 0.25) is 0 Å². The first-order chi connectivity index (χ1) is 9.60. The predicted molar refractivity (Wildman–Crippen MR) is 88.1 cm³/mol. The van der Waals surface area contributed by atoms with Crippen molar-refractivity contribution in [3.63, 3.8) is 0 Å². The maximum Gasteiger partial charge on any atom is 0.129 e. The van der Waals surface area contributed by atoms with Crippen LogP contribution in [0.4, 0.5) is 0 Å². The number of rotatable bonds is 2. The molecule has 1 heterocycles. The second kappa shape index (κ2) is 5.40. The molecule has 2 aromatic carbocycles. The number of halogens is 3. The van der Waals surface area contributed by atoms with E-state index in [0.717, 1.165) is 32.6 Å². The van der Waals surface area contributed by atoms with Crippen LogP contribution in [0.1, 0.15) is 11.4 Å². The average Bonchev–Trinajstić information content (AvgIpc) is 2.78. The highest BCUT2D eigenvalue weighted by molar-refractivity contribution is 9.10. The van der Waals surface area contributed by atoms with Crippen molar-refractivity contribution in [2.24, 2.45) is 0 Å². The van der Waals surface area contributed by atoms with Gasteiger partial charge in [0.15, 0.2) is 0 Å². The molecule has 0 aliphatic carbocycles. The van der Waals surface area contributed by atoms with Crippen molar-refractivity contribution in [1.82, 2.24) is 9.55 Å². The molecule has 0 unspecified atom stereocenters. The second-order valence-corrected chi connectivity index (χ2v) is 6.18. The van der Waals surface area contributed by atoms with Gasteiger partial charge < -0.3 is 0 Å². The molecule has 0 bridgehead atoms. The van der Waals surface area contributed by atoms with Gasteiger partial charge in [-0.1, -0.05) is 33.6 Å². The van der Waals surface area contributed by atoms with Gasteiger partial charge in [-0.2, -0.15) is 0 Å². The molecule has 5 heteroatoms. The van der Waals surface area contributed by atoms with Gasteiger partial charge in [0.25, 0.3) is 0 Å². The maximum atomic E-state index is 6.06. The molecule has 0 spiro atoms. The first-order valence-corrected chi connectivity index (χ1v) is 7.80. The summed E-state index contributed by atoms with van der Waals surface area (Å²) in [5.74, 6) is 1.16. The highest BCUT2D eigenvalue weighted by Gasteiger charge is 2.14. The molecule has 0 aliphatic rings. The Labute approximate surface area is 135 Å². The minimum absolute atomic E-state index is 0.345. The highest BCUT2D eigenvalue weighted by atomic mass is 79.9. The molecule has 0 radical (unpaired) electrons. The van der Waals surface area contributed by atoms with Gasteiger partial charge in [-0.25, -0.2) is 4.98 Å². The third kappa shape index (κ3) is 2.34. The van der Waals surface area contributed by atoms with Gasteiger partial charge in [-0.3, -0.25) is 4.57 Å². The number of benzene rings is 2. The summed E-state index contributed by atoms with van der Waals surface area (Å²) in [5.41, 5.74) is 4.09. The van der Waals surface area contributed by atoms with Crippen LogP contribution in [0.2, 0.25) is 5.02 Å². The van der Waals surface area contributed by atoms with Gasteiger partial charge in [-0.15, -0.1) is 11.6 Å². The number of hydrogen-bond donors (Lipinski definition) is 0.